The fourth-order valence-corrected chi connectivity index (χ4v) is 3.79. The Morgan fingerprint density at radius 2 is 2.47 bits per heavy atom. The van der Waals surface area contributed by atoms with Crippen molar-refractivity contribution in [1.29, 1.82) is 0 Å². The summed E-state index contributed by atoms with van der Waals surface area (Å²) in [5.74, 6) is 0. The quantitative estimate of drug-likeness (QED) is 0.927. The number of hydrogen-bond donors (Lipinski definition) is 1. The van der Waals surface area contributed by atoms with E-state index < -0.39 is 0 Å². The lowest BCUT2D eigenvalue weighted by molar-refractivity contribution is 0.252. The molecular formula is C11H17BrN2S. The summed E-state index contributed by atoms with van der Waals surface area (Å²) >= 11 is 5.45. The molecule has 1 fully saturated rings. The van der Waals surface area contributed by atoms with Crippen LogP contribution in [0.3, 0.4) is 0 Å². The lowest BCUT2D eigenvalue weighted by atomic mass is 10.2. The van der Waals surface area contributed by atoms with E-state index in [0.717, 1.165) is 13.1 Å². The molecule has 1 aromatic heterocycles. The van der Waals surface area contributed by atoms with Crippen LogP contribution in [-0.4, -0.2) is 24.0 Å². The second-order valence-corrected chi connectivity index (χ2v) is 6.31. The van der Waals surface area contributed by atoms with Crippen LogP contribution < -0.4 is 5.73 Å². The van der Waals surface area contributed by atoms with Crippen LogP contribution in [0.2, 0.25) is 0 Å². The van der Waals surface area contributed by atoms with E-state index in [2.05, 4.69) is 33.8 Å². The monoisotopic (exact) mass is 288 g/mol. The molecule has 0 saturated carbocycles. The van der Waals surface area contributed by atoms with Gasteiger partial charge in [-0.3, -0.25) is 4.90 Å². The van der Waals surface area contributed by atoms with E-state index in [0.29, 0.717) is 6.04 Å². The summed E-state index contributed by atoms with van der Waals surface area (Å²) in [6.45, 7) is 5.23. The van der Waals surface area contributed by atoms with Gasteiger partial charge in [-0.1, -0.05) is 0 Å². The molecular weight excluding hydrogens is 272 g/mol. The van der Waals surface area contributed by atoms with Gasteiger partial charge in [-0.15, -0.1) is 11.3 Å². The second kappa shape index (κ2) is 4.95. The Morgan fingerprint density at radius 3 is 3.07 bits per heavy atom. The number of rotatable bonds is 3. The van der Waals surface area contributed by atoms with Crippen molar-refractivity contribution >= 4 is 27.3 Å². The number of likely N-dealkylation sites (tertiary alicyclic amines) is 1. The van der Waals surface area contributed by atoms with E-state index in [-0.39, 0.29) is 0 Å². The number of nitrogens with zero attached hydrogens (tertiary/aromatic N) is 1. The molecule has 0 aromatic carbocycles. The Bertz CT molecular complexity index is 318. The summed E-state index contributed by atoms with van der Waals surface area (Å²) < 4.78 is 1.24. The van der Waals surface area contributed by atoms with E-state index in [9.17, 15) is 0 Å². The van der Waals surface area contributed by atoms with Crippen LogP contribution in [0.1, 0.15) is 22.6 Å². The van der Waals surface area contributed by atoms with Crippen LogP contribution in [-0.2, 0) is 6.54 Å². The fraction of sp³-hybridized carbons (Fsp3) is 0.636. The SMILES string of the molecule is Cc1sc(CN2CCCC2CN)cc1Br. The number of thiophene rings is 1. The summed E-state index contributed by atoms with van der Waals surface area (Å²) in [6, 6.07) is 2.84. The van der Waals surface area contributed by atoms with Crippen molar-refractivity contribution in [3.05, 3.63) is 20.3 Å². The smallest absolute Gasteiger partial charge is 0.0331 e. The van der Waals surface area contributed by atoms with Gasteiger partial charge in [-0.25, -0.2) is 0 Å². The molecule has 0 radical (unpaired) electrons. The maximum absolute atomic E-state index is 5.77. The summed E-state index contributed by atoms with van der Waals surface area (Å²) in [7, 11) is 0. The van der Waals surface area contributed by atoms with Crippen molar-refractivity contribution in [1.82, 2.24) is 4.90 Å². The minimum Gasteiger partial charge on any atom is -0.329 e. The Hall–Kier alpha value is 0.100. The van der Waals surface area contributed by atoms with E-state index in [1.807, 2.05) is 11.3 Å². The highest BCUT2D eigenvalue weighted by Crippen LogP contribution is 2.29. The maximum atomic E-state index is 5.77. The Balaban J connectivity index is 2.02. The molecule has 2 N–H and O–H groups in total. The Labute approximate surface area is 104 Å². The molecule has 0 aliphatic carbocycles. The van der Waals surface area contributed by atoms with E-state index >= 15 is 0 Å². The first kappa shape index (κ1) is 11.6. The first-order chi connectivity index (χ1) is 7.20. The first-order valence-corrected chi connectivity index (χ1v) is 7.00. The molecule has 2 nitrogen and oxygen atoms in total. The van der Waals surface area contributed by atoms with Gasteiger partial charge in [0, 0.05) is 33.4 Å². The summed E-state index contributed by atoms with van der Waals surface area (Å²) in [5.41, 5.74) is 5.77. The zero-order chi connectivity index (χ0) is 10.8. The van der Waals surface area contributed by atoms with Crippen molar-refractivity contribution in [2.24, 2.45) is 5.73 Å². The first-order valence-electron chi connectivity index (χ1n) is 5.39. The minimum atomic E-state index is 0.603. The molecule has 1 aliphatic heterocycles. The van der Waals surface area contributed by atoms with Crippen molar-refractivity contribution < 1.29 is 0 Å². The van der Waals surface area contributed by atoms with Gasteiger partial charge in [0.2, 0.25) is 0 Å². The van der Waals surface area contributed by atoms with E-state index in [1.54, 1.807) is 0 Å². The van der Waals surface area contributed by atoms with Crippen LogP contribution in [0.15, 0.2) is 10.5 Å². The molecule has 84 valence electrons. The van der Waals surface area contributed by atoms with Crippen LogP contribution in [0, 0.1) is 6.92 Å². The largest absolute Gasteiger partial charge is 0.329 e. The van der Waals surface area contributed by atoms with Gasteiger partial charge < -0.3 is 5.73 Å². The van der Waals surface area contributed by atoms with Gasteiger partial charge >= 0.3 is 0 Å². The van der Waals surface area contributed by atoms with E-state index in [4.69, 9.17) is 5.73 Å². The molecule has 15 heavy (non-hydrogen) atoms. The summed E-state index contributed by atoms with van der Waals surface area (Å²) in [4.78, 5) is 5.32. The van der Waals surface area contributed by atoms with Crippen molar-refractivity contribution in [3.8, 4) is 0 Å². The van der Waals surface area contributed by atoms with Gasteiger partial charge in [0.05, 0.1) is 0 Å². The number of aryl methyl sites for hydroxylation is 1. The van der Waals surface area contributed by atoms with Crippen LogP contribution >= 0.6 is 27.3 Å². The van der Waals surface area contributed by atoms with Crippen molar-refractivity contribution in [2.75, 3.05) is 13.1 Å². The van der Waals surface area contributed by atoms with Gasteiger partial charge in [-0.2, -0.15) is 0 Å². The lowest BCUT2D eigenvalue weighted by Crippen LogP contribution is -2.34. The molecule has 1 aromatic rings. The number of hydrogen-bond acceptors (Lipinski definition) is 3. The molecule has 1 atom stereocenters. The zero-order valence-corrected chi connectivity index (χ0v) is 11.4. The van der Waals surface area contributed by atoms with Crippen LogP contribution in [0.25, 0.3) is 0 Å². The van der Waals surface area contributed by atoms with Gasteiger partial charge in [0.1, 0.15) is 0 Å². The standard InChI is InChI=1S/C11H17BrN2S/c1-8-11(12)5-10(15-8)7-14-4-2-3-9(14)6-13/h5,9H,2-4,6-7,13H2,1H3. The lowest BCUT2D eigenvalue weighted by Gasteiger charge is -2.22. The van der Waals surface area contributed by atoms with Crippen molar-refractivity contribution in [3.63, 3.8) is 0 Å². The highest BCUT2D eigenvalue weighted by molar-refractivity contribution is 9.10. The number of nitrogens with two attached hydrogens (primary N) is 1. The molecule has 0 bridgehead atoms. The van der Waals surface area contributed by atoms with Crippen molar-refractivity contribution in [2.45, 2.75) is 32.4 Å². The zero-order valence-electron chi connectivity index (χ0n) is 9.00. The average Bonchev–Trinajstić information content (AvgIpc) is 2.75. The maximum Gasteiger partial charge on any atom is 0.0331 e. The molecule has 2 heterocycles. The number of halogens is 1. The predicted molar refractivity (Wildman–Crippen MR) is 69.2 cm³/mol. The fourth-order valence-electron chi connectivity index (χ4n) is 2.17. The van der Waals surface area contributed by atoms with Gasteiger partial charge in [0.15, 0.2) is 0 Å². The van der Waals surface area contributed by atoms with Crippen LogP contribution in [0.5, 0.6) is 0 Å². The summed E-state index contributed by atoms with van der Waals surface area (Å²) in [6.07, 6.45) is 2.56. The van der Waals surface area contributed by atoms with Crippen LogP contribution in [0.4, 0.5) is 0 Å². The topological polar surface area (TPSA) is 29.3 Å². The average molecular weight is 289 g/mol. The molecule has 1 saturated heterocycles. The molecule has 4 heteroatoms. The third-order valence-corrected chi connectivity index (χ3v) is 5.16. The minimum absolute atomic E-state index is 0.603. The van der Waals surface area contributed by atoms with Gasteiger partial charge in [0.25, 0.3) is 0 Å². The van der Waals surface area contributed by atoms with Gasteiger partial charge in [-0.05, 0) is 48.3 Å². The molecule has 1 unspecified atom stereocenters. The molecule has 1 aliphatic rings. The third kappa shape index (κ3) is 2.61. The second-order valence-electron chi connectivity index (χ2n) is 4.12. The summed E-state index contributed by atoms with van der Waals surface area (Å²) in [5, 5.41) is 0. The Kier molecular flexibility index (Phi) is 3.83. The Morgan fingerprint density at radius 1 is 1.67 bits per heavy atom. The highest BCUT2D eigenvalue weighted by atomic mass is 79.9. The molecule has 0 spiro atoms. The highest BCUT2D eigenvalue weighted by Gasteiger charge is 2.23. The molecule has 0 amide bonds. The molecule has 2 rings (SSSR count). The predicted octanol–water partition coefficient (Wildman–Crippen LogP) is 2.74. The third-order valence-electron chi connectivity index (χ3n) is 3.04. The normalized spacial score (nSPS) is 22.5. The van der Waals surface area contributed by atoms with E-state index in [1.165, 1.54) is 33.6 Å².